The summed E-state index contributed by atoms with van der Waals surface area (Å²) in [7, 11) is 0. The first-order valence-corrected chi connectivity index (χ1v) is 9.12. The third-order valence-electron chi connectivity index (χ3n) is 3.01. The van der Waals surface area contributed by atoms with Gasteiger partial charge < -0.3 is 10.1 Å². The average molecular weight is 388 g/mol. The summed E-state index contributed by atoms with van der Waals surface area (Å²) in [6, 6.07) is 11.5. The molecule has 0 aromatic heterocycles. The molecule has 0 saturated heterocycles. The van der Waals surface area contributed by atoms with Gasteiger partial charge in [0.1, 0.15) is 18.2 Å². The van der Waals surface area contributed by atoms with Crippen LogP contribution in [0.25, 0.3) is 0 Å². The fraction of sp³-hybridized carbons (Fsp3) is 0.235. The number of carbonyl (C=O) groups excluding carboxylic acids is 1. The van der Waals surface area contributed by atoms with Gasteiger partial charge in [0.05, 0.1) is 12.3 Å². The third kappa shape index (κ3) is 6.59. The highest BCUT2D eigenvalue weighted by molar-refractivity contribution is 7.99. The second-order valence-corrected chi connectivity index (χ2v) is 6.74. The van der Waals surface area contributed by atoms with E-state index >= 15 is 0 Å². The van der Waals surface area contributed by atoms with Crippen molar-refractivity contribution in [2.75, 3.05) is 18.9 Å². The van der Waals surface area contributed by atoms with Crippen LogP contribution in [-0.2, 0) is 10.5 Å². The molecule has 24 heavy (non-hydrogen) atoms. The van der Waals surface area contributed by atoms with Crippen LogP contribution in [0.5, 0.6) is 5.75 Å². The second kappa shape index (κ2) is 9.77. The molecule has 0 aliphatic heterocycles. The number of amides is 1. The molecule has 2 rings (SSSR count). The molecule has 3 nitrogen and oxygen atoms in total. The number of thioether (sulfide) groups is 1. The van der Waals surface area contributed by atoms with Gasteiger partial charge in [-0.2, -0.15) is 0 Å². The molecule has 0 saturated carbocycles. The van der Waals surface area contributed by atoms with Gasteiger partial charge in [0.15, 0.2) is 0 Å². The normalized spacial score (nSPS) is 10.5. The molecule has 2 aromatic rings. The maximum absolute atomic E-state index is 13.6. The Morgan fingerprint density at radius 2 is 1.83 bits per heavy atom. The number of benzene rings is 2. The first kappa shape index (κ1) is 18.9. The summed E-state index contributed by atoms with van der Waals surface area (Å²) in [5.41, 5.74) is 0.531. The van der Waals surface area contributed by atoms with Crippen LogP contribution in [0.2, 0.25) is 10.0 Å². The van der Waals surface area contributed by atoms with E-state index in [4.69, 9.17) is 27.9 Å². The zero-order chi connectivity index (χ0) is 17.4. The summed E-state index contributed by atoms with van der Waals surface area (Å²) in [5.74, 6) is 0.892. The highest BCUT2D eigenvalue weighted by atomic mass is 35.5. The molecule has 0 aliphatic rings. The molecule has 0 fully saturated rings. The van der Waals surface area contributed by atoms with Gasteiger partial charge in [-0.3, -0.25) is 4.79 Å². The minimum atomic E-state index is -0.355. The van der Waals surface area contributed by atoms with E-state index in [1.54, 1.807) is 36.4 Å². The highest BCUT2D eigenvalue weighted by Gasteiger charge is 2.06. The van der Waals surface area contributed by atoms with Crippen molar-refractivity contribution in [2.24, 2.45) is 0 Å². The summed E-state index contributed by atoms with van der Waals surface area (Å²) >= 11 is 12.8. The minimum absolute atomic E-state index is 0.117. The molecule has 0 atom stereocenters. The number of ether oxygens (including phenoxy) is 1. The largest absolute Gasteiger partial charge is 0.492 e. The number of carbonyl (C=O) groups is 1. The lowest BCUT2D eigenvalue weighted by Gasteiger charge is -2.08. The van der Waals surface area contributed by atoms with Gasteiger partial charge in [-0.25, -0.2) is 4.39 Å². The highest BCUT2D eigenvalue weighted by Crippen LogP contribution is 2.19. The van der Waals surface area contributed by atoms with E-state index in [9.17, 15) is 9.18 Å². The number of nitrogens with one attached hydrogen (secondary N) is 1. The monoisotopic (exact) mass is 387 g/mol. The van der Waals surface area contributed by atoms with Crippen molar-refractivity contribution in [1.82, 2.24) is 5.32 Å². The predicted molar refractivity (Wildman–Crippen MR) is 97.5 cm³/mol. The van der Waals surface area contributed by atoms with Crippen molar-refractivity contribution in [2.45, 2.75) is 5.75 Å². The molecule has 0 unspecified atom stereocenters. The van der Waals surface area contributed by atoms with Crippen molar-refractivity contribution < 1.29 is 13.9 Å². The molecule has 1 amide bonds. The molecule has 0 aliphatic carbocycles. The van der Waals surface area contributed by atoms with Gasteiger partial charge in [-0.15, -0.1) is 11.8 Å². The molecule has 0 bridgehead atoms. The van der Waals surface area contributed by atoms with Gasteiger partial charge >= 0.3 is 0 Å². The quantitative estimate of drug-likeness (QED) is 0.674. The van der Waals surface area contributed by atoms with Crippen molar-refractivity contribution in [3.05, 3.63) is 63.9 Å². The summed E-state index contributed by atoms with van der Waals surface area (Å²) in [6.45, 7) is 0.765. The van der Waals surface area contributed by atoms with Crippen LogP contribution in [0, 0.1) is 5.82 Å². The zero-order valence-electron chi connectivity index (χ0n) is 12.7. The van der Waals surface area contributed by atoms with Gasteiger partial charge in [0.25, 0.3) is 0 Å². The van der Waals surface area contributed by atoms with Crippen LogP contribution in [0.15, 0.2) is 42.5 Å². The smallest absolute Gasteiger partial charge is 0.230 e. The van der Waals surface area contributed by atoms with Crippen molar-refractivity contribution >= 4 is 40.9 Å². The molecule has 2 aromatic carbocycles. The molecular weight excluding hydrogens is 372 g/mol. The van der Waals surface area contributed by atoms with Gasteiger partial charge in [-0.05, 0) is 42.0 Å². The van der Waals surface area contributed by atoms with Gasteiger partial charge in [0.2, 0.25) is 5.91 Å². The first-order chi connectivity index (χ1) is 11.5. The number of hydrogen-bond donors (Lipinski definition) is 1. The van der Waals surface area contributed by atoms with Crippen LogP contribution in [0.1, 0.15) is 5.56 Å². The standard InChI is InChI=1S/C17H16Cl2FNO2S/c18-13-3-5-15(6-4-13)23-8-7-21-17(22)11-24-10-12-1-2-14(19)9-16(12)20/h1-6,9H,7-8,10-11H2,(H,21,22). The Labute approximate surface area is 154 Å². The number of halogens is 3. The van der Waals surface area contributed by atoms with Crippen molar-refractivity contribution in [1.29, 1.82) is 0 Å². The Bertz CT molecular complexity index is 683. The van der Waals surface area contributed by atoms with E-state index in [0.29, 0.717) is 40.3 Å². The third-order valence-corrected chi connectivity index (χ3v) is 4.48. The van der Waals surface area contributed by atoms with E-state index < -0.39 is 0 Å². The lowest BCUT2D eigenvalue weighted by atomic mass is 10.2. The number of rotatable bonds is 8. The Morgan fingerprint density at radius 3 is 2.54 bits per heavy atom. The van der Waals surface area contributed by atoms with E-state index in [1.165, 1.54) is 17.8 Å². The lowest BCUT2D eigenvalue weighted by molar-refractivity contribution is -0.118. The summed E-state index contributed by atoms with van der Waals surface area (Å²) in [5, 5.41) is 3.75. The maximum atomic E-state index is 13.6. The van der Waals surface area contributed by atoms with Crippen LogP contribution >= 0.6 is 35.0 Å². The average Bonchev–Trinajstić information content (AvgIpc) is 2.55. The molecule has 1 N–H and O–H groups in total. The van der Waals surface area contributed by atoms with E-state index in [0.717, 1.165) is 0 Å². The Hall–Kier alpha value is -1.43. The van der Waals surface area contributed by atoms with Gasteiger partial charge in [0, 0.05) is 15.8 Å². The molecule has 0 heterocycles. The molecule has 0 spiro atoms. The fourth-order valence-corrected chi connectivity index (χ4v) is 2.96. The fourth-order valence-electron chi connectivity index (χ4n) is 1.83. The second-order valence-electron chi connectivity index (χ2n) is 4.88. The van der Waals surface area contributed by atoms with E-state index in [-0.39, 0.29) is 17.5 Å². The Kier molecular flexibility index (Phi) is 7.69. The van der Waals surface area contributed by atoms with Crippen LogP contribution in [0.3, 0.4) is 0 Å². The minimum Gasteiger partial charge on any atom is -0.492 e. The molecule has 0 radical (unpaired) electrons. The molecular formula is C17H16Cl2FNO2S. The number of hydrogen-bond acceptors (Lipinski definition) is 3. The molecule has 128 valence electrons. The summed E-state index contributed by atoms with van der Waals surface area (Å²) in [6.07, 6.45) is 0. The lowest BCUT2D eigenvalue weighted by Crippen LogP contribution is -2.29. The van der Waals surface area contributed by atoms with Crippen molar-refractivity contribution in [3.8, 4) is 5.75 Å². The topological polar surface area (TPSA) is 38.3 Å². The first-order valence-electron chi connectivity index (χ1n) is 7.21. The van der Waals surface area contributed by atoms with Crippen LogP contribution in [0.4, 0.5) is 4.39 Å². The van der Waals surface area contributed by atoms with Crippen LogP contribution < -0.4 is 10.1 Å². The van der Waals surface area contributed by atoms with E-state index in [1.807, 2.05) is 0 Å². The molecule has 7 heteroatoms. The van der Waals surface area contributed by atoms with Crippen LogP contribution in [-0.4, -0.2) is 24.8 Å². The summed E-state index contributed by atoms with van der Waals surface area (Å²) < 4.78 is 19.1. The predicted octanol–water partition coefficient (Wildman–Crippen LogP) is 4.56. The zero-order valence-corrected chi connectivity index (χ0v) is 15.1. The maximum Gasteiger partial charge on any atom is 0.230 e. The van der Waals surface area contributed by atoms with Gasteiger partial charge in [-0.1, -0.05) is 29.3 Å². The Balaban J connectivity index is 1.60. The van der Waals surface area contributed by atoms with Crippen molar-refractivity contribution in [3.63, 3.8) is 0 Å². The Morgan fingerprint density at radius 1 is 1.12 bits per heavy atom. The SMILES string of the molecule is O=C(CSCc1ccc(Cl)cc1F)NCCOc1ccc(Cl)cc1. The summed E-state index contributed by atoms with van der Waals surface area (Å²) in [4.78, 5) is 11.7. The van der Waals surface area contributed by atoms with E-state index in [2.05, 4.69) is 5.32 Å².